The van der Waals surface area contributed by atoms with Gasteiger partial charge in [0.2, 0.25) is 5.91 Å². The third kappa shape index (κ3) is 7.23. The highest BCUT2D eigenvalue weighted by Gasteiger charge is 2.18. The molecule has 0 aliphatic rings. The molecule has 0 unspecified atom stereocenters. The van der Waals surface area contributed by atoms with E-state index in [0.717, 1.165) is 17.8 Å². The monoisotopic (exact) mass is 371 g/mol. The minimum absolute atomic E-state index is 0.0422. The van der Waals surface area contributed by atoms with Crippen LogP contribution in [0.5, 0.6) is 0 Å². The molecule has 0 saturated carbocycles. The Balaban J connectivity index is 2.69. The van der Waals surface area contributed by atoms with Crippen molar-refractivity contribution in [1.82, 2.24) is 4.90 Å². The highest BCUT2D eigenvalue weighted by Crippen LogP contribution is 2.23. The Bertz CT molecular complexity index is 623. The minimum atomic E-state index is -0.556. The molecule has 138 valence electrons. The van der Waals surface area contributed by atoms with Gasteiger partial charge in [0.05, 0.1) is 19.0 Å². The van der Waals surface area contributed by atoms with Crippen LogP contribution in [-0.4, -0.2) is 61.7 Å². The first kappa shape index (κ1) is 21.1. The lowest BCUT2D eigenvalue weighted by Crippen LogP contribution is -2.39. The minimum Gasteiger partial charge on any atom is -0.465 e. The Hall–Kier alpha value is -1.93. The Morgan fingerprint density at radius 1 is 1.28 bits per heavy atom. The summed E-state index contributed by atoms with van der Waals surface area (Å²) >= 11 is 1.01. The normalized spacial score (nSPS) is 10.4. The van der Waals surface area contributed by atoms with Crippen molar-refractivity contribution in [2.75, 3.05) is 39.2 Å². The number of benzene rings is 1. The lowest BCUT2D eigenvalue weighted by molar-refractivity contribution is -0.148. The van der Waals surface area contributed by atoms with Crippen molar-refractivity contribution in [2.45, 2.75) is 18.7 Å². The van der Waals surface area contributed by atoms with Crippen LogP contribution in [0.3, 0.4) is 0 Å². The van der Waals surface area contributed by atoms with Crippen LogP contribution in [-0.2, 0) is 19.1 Å². The molecule has 0 heterocycles. The highest BCUT2D eigenvalue weighted by atomic mass is 32.2. The van der Waals surface area contributed by atoms with E-state index in [4.69, 9.17) is 9.47 Å². The Morgan fingerprint density at radius 3 is 2.56 bits per heavy atom. The first-order valence-corrected chi connectivity index (χ1v) is 8.73. The second kappa shape index (κ2) is 10.8. The fourth-order valence-electron chi connectivity index (χ4n) is 1.92. The zero-order chi connectivity index (χ0) is 18.8. The Kier molecular flexibility index (Phi) is 9.15. The maximum atomic E-state index is 14.0. The second-order valence-electron chi connectivity index (χ2n) is 5.10. The number of hydrogen-bond acceptors (Lipinski definition) is 6. The quantitative estimate of drug-likeness (QED) is 0.357. The van der Waals surface area contributed by atoms with Gasteiger partial charge in [0.15, 0.2) is 5.78 Å². The summed E-state index contributed by atoms with van der Waals surface area (Å²) in [6.45, 7) is 3.60. The summed E-state index contributed by atoms with van der Waals surface area (Å²) in [5, 5.41) is 0. The highest BCUT2D eigenvalue weighted by molar-refractivity contribution is 8.00. The van der Waals surface area contributed by atoms with Gasteiger partial charge in [-0.05, 0) is 26.0 Å². The molecular formula is C17H22FNO5S. The van der Waals surface area contributed by atoms with E-state index in [9.17, 15) is 18.8 Å². The van der Waals surface area contributed by atoms with Crippen LogP contribution >= 0.6 is 11.8 Å². The number of hydrogen-bond donors (Lipinski definition) is 0. The van der Waals surface area contributed by atoms with Gasteiger partial charge in [-0.25, -0.2) is 4.39 Å². The molecule has 0 bridgehead atoms. The molecule has 1 rings (SSSR count). The summed E-state index contributed by atoms with van der Waals surface area (Å²) in [6, 6.07) is 4.13. The number of carbonyl (C=O) groups excluding carboxylic acids is 3. The number of esters is 1. The van der Waals surface area contributed by atoms with Gasteiger partial charge >= 0.3 is 5.97 Å². The standard InChI is InChI=1S/C17H22FNO5S/c1-4-24-17(22)10-19(7-8-23-3)16(21)11-25-15-6-5-13(12(2)20)9-14(15)18/h5-6,9H,4,7-8,10-11H2,1-3H3. The molecule has 1 aromatic carbocycles. The predicted molar refractivity (Wildman–Crippen MR) is 92.2 cm³/mol. The molecule has 6 nitrogen and oxygen atoms in total. The molecule has 0 fully saturated rings. The molecule has 0 N–H and O–H groups in total. The van der Waals surface area contributed by atoms with Crippen molar-refractivity contribution >= 4 is 29.4 Å². The average Bonchev–Trinajstić information content (AvgIpc) is 2.57. The molecule has 0 spiro atoms. The zero-order valence-corrected chi connectivity index (χ0v) is 15.4. The molecule has 0 aliphatic heterocycles. The number of rotatable bonds is 10. The van der Waals surface area contributed by atoms with Gasteiger partial charge in [-0.3, -0.25) is 14.4 Å². The van der Waals surface area contributed by atoms with Crippen LogP contribution in [0.15, 0.2) is 23.1 Å². The van der Waals surface area contributed by atoms with Crippen molar-refractivity contribution in [3.05, 3.63) is 29.6 Å². The van der Waals surface area contributed by atoms with Crippen molar-refractivity contribution in [1.29, 1.82) is 0 Å². The number of amides is 1. The summed E-state index contributed by atoms with van der Waals surface area (Å²) in [6.07, 6.45) is 0. The van der Waals surface area contributed by atoms with E-state index in [1.807, 2.05) is 0 Å². The van der Waals surface area contributed by atoms with E-state index in [1.54, 1.807) is 6.92 Å². The maximum Gasteiger partial charge on any atom is 0.325 e. The summed E-state index contributed by atoms with van der Waals surface area (Å²) in [4.78, 5) is 36.7. The first-order chi connectivity index (χ1) is 11.9. The van der Waals surface area contributed by atoms with Crippen molar-refractivity contribution in [3.8, 4) is 0 Å². The molecule has 8 heteroatoms. The molecular weight excluding hydrogens is 349 g/mol. The van der Waals surface area contributed by atoms with E-state index in [-0.39, 0.29) is 54.2 Å². The second-order valence-corrected chi connectivity index (χ2v) is 6.12. The smallest absolute Gasteiger partial charge is 0.325 e. The average molecular weight is 371 g/mol. The third-order valence-electron chi connectivity index (χ3n) is 3.23. The van der Waals surface area contributed by atoms with Crippen LogP contribution < -0.4 is 0 Å². The first-order valence-electron chi connectivity index (χ1n) is 7.74. The van der Waals surface area contributed by atoms with E-state index >= 15 is 0 Å². The van der Waals surface area contributed by atoms with Crippen LogP contribution in [0.4, 0.5) is 4.39 Å². The van der Waals surface area contributed by atoms with Gasteiger partial charge in [-0.2, -0.15) is 0 Å². The zero-order valence-electron chi connectivity index (χ0n) is 14.5. The number of carbonyl (C=O) groups is 3. The van der Waals surface area contributed by atoms with E-state index in [1.165, 1.54) is 31.1 Å². The van der Waals surface area contributed by atoms with Crippen molar-refractivity contribution in [3.63, 3.8) is 0 Å². The predicted octanol–water partition coefficient (Wildman–Crippen LogP) is 2.16. The molecule has 1 amide bonds. The number of thioether (sulfide) groups is 1. The van der Waals surface area contributed by atoms with Gasteiger partial charge in [-0.15, -0.1) is 11.8 Å². The Labute approximate surface area is 150 Å². The SMILES string of the molecule is CCOC(=O)CN(CCOC)C(=O)CSc1ccc(C(C)=O)cc1F. The van der Waals surface area contributed by atoms with Gasteiger partial charge in [0.25, 0.3) is 0 Å². The van der Waals surface area contributed by atoms with Gasteiger partial charge in [0, 0.05) is 24.1 Å². The maximum absolute atomic E-state index is 14.0. The molecule has 0 atom stereocenters. The lowest BCUT2D eigenvalue weighted by atomic mass is 10.1. The van der Waals surface area contributed by atoms with E-state index < -0.39 is 11.8 Å². The largest absolute Gasteiger partial charge is 0.465 e. The van der Waals surface area contributed by atoms with Crippen LogP contribution in [0, 0.1) is 5.82 Å². The number of ether oxygens (including phenoxy) is 2. The van der Waals surface area contributed by atoms with E-state index in [0.29, 0.717) is 0 Å². The van der Waals surface area contributed by atoms with Gasteiger partial charge in [-0.1, -0.05) is 6.07 Å². The molecule has 1 aromatic rings. The lowest BCUT2D eigenvalue weighted by Gasteiger charge is -2.21. The molecule has 0 radical (unpaired) electrons. The van der Waals surface area contributed by atoms with Crippen molar-refractivity contribution in [2.24, 2.45) is 0 Å². The number of Topliss-reactive ketones (excluding diaryl/α,β-unsaturated/α-hetero) is 1. The van der Waals surface area contributed by atoms with Crippen LogP contribution in [0.2, 0.25) is 0 Å². The summed E-state index contributed by atoms with van der Waals surface area (Å²) in [5.41, 5.74) is 0.275. The van der Waals surface area contributed by atoms with Gasteiger partial charge < -0.3 is 14.4 Å². The van der Waals surface area contributed by atoms with Crippen molar-refractivity contribution < 1.29 is 28.2 Å². The summed E-state index contributed by atoms with van der Waals surface area (Å²) < 4.78 is 23.8. The van der Waals surface area contributed by atoms with E-state index in [2.05, 4.69) is 0 Å². The van der Waals surface area contributed by atoms with Gasteiger partial charge in [0.1, 0.15) is 12.4 Å². The number of ketones is 1. The fraction of sp³-hybridized carbons (Fsp3) is 0.471. The number of halogens is 1. The Morgan fingerprint density at radius 2 is 2.00 bits per heavy atom. The molecule has 0 aliphatic carbocycles. The summed E-state index contributed by atoms with van der Waals surface area (Å²) in [7, 11) is 1.49. The summed E-state index contributed by atoms with van der Waals surface area (Å²) in [5.74, 6) is -1.66. The van der Waals surface area contributed by atoms with Crippen LogP contribution in [0.25, 0.3) is 0 Å². The number of methoxy groups -OCH3 is 1. The molecule has 0 saturated heterocycles. The molecule has 25 heavy (non-hydrogen) atoms. The number of nitrogens with zero attached hydrogens (tertiary/aromatic N) is 1. The fourth-order valence-corrected chi connectivity index (χ4v) is 2.75. The topological polar surface area (TPSA) is 72.9 Å². The third-order valence-corrected chi connectivity index (χ3v) is 4.27. The molecule has 0 aromatic heterocycles. The van der Waals surface area contributed by atoms with Crippen LogP contribution in [0.1, 0.15) is 24.2 Å².